The summed E-state index contributed by atoms with van der Waals surface area (Å²) in [6, 6.07) is 0. The molecule has 0 saturated heterocycles. The van der Waals surface area contributed by atoms with Crippen molar-refractivity contribution in [1.29, 1.82) is 0 Å². The van der Waals surface area contributed by atoms with E-state index in [1.54, 1.807) is 0 Å². The molecule has 0 bridgehead atoms. The molecule has 0 spiro atoms. The van der Waals surface area contributed by atoms with E-state index in [1.165, 1.54) is 0 Å². The van der Waals surface area contributed by atoms with Gasteiger partial charge in [-0.3, -0.25) is 9.59 Å². The van der Waals surface area contributed by atoms with Gasteiger partial charge in [-0.15, -0.1) is 11.8 Å². The first-order valence-electron chi connectivity index (χ1n) is 5.36. The molecule has 3 heteroatoms. The van der Waals surface area contributed by atoms with E-state index < -0.39 is 5.97 Å². The van der Waals surface area contributed by atoms with Gasteiger partial charge >= 0.3 is 5.97 Å². The second kappa shape index (κ2) is 9.26. The van der Waals surface area contributed by atoms with Gasteiger partial charge in [0.15, 0.2) is 0 Å². The topological polar surface area (TPSA) is 54.4 Å². The summed E-state index contributed by atoms with van der Waals surface area (Å²) >= 11 is 0. The molecular weight excluding hydrogens is 192 g/mol. The van der Waals surface area contributed by atoms with Crippen molar-refractivity contribution in [3.05, 3.63) is 0 Å². The highest BCUT2D eigenvalue weighted by Crippen LogP contribution is 2.03. The fourth-order valence-corrected chi connectivity index (χ4v) is 1.15. The number of unbranched alkanes of at least 4 members (excludes halogenated alkanes) is 1. The van der Waals surface area contributed by atoms with E-state index >= 15 is 0 Å². The van der Waals surface area contributed by atoms with Gasteiger partial charge in [0.1, 0.15) is 5.78 Å². The minimum atomic E-state index is -0.836. The van der Waals surface area contributed by atoms with Crippen LogP contribution in [0.2, 0.25) is 0 Å². The Balaban J connectivity index is 3.37. The van der Waals surface area contributed by atoms with Crippen LogP contribution in [0.25, 0.3) is 0 Å². The van der Waals surface area contributed by atoms with Gasteiger partial charge in [0.05, 0.1) is 0 Å². The smallest absolute Gasteiger partial charge is 0.303 e. The van der Waals surface area contributed by atoms with E-state index in [9.17, 15) is 9.59 Å². The summed E-state index contributed by atoms with van der Waals surface area (Å²) in [5.41, 5.74) is 0. The van der Waals surface area contributed by atoms with Crippen LogP contribution in [0.4, 0.5) is 0 Å². The normalized spacial score (nSPS) is 9.13. The molecule has 0 aromatic carbocycles. The maximum Gasteiger partial charge on any atom is 0.303 e. The number of hydrogen-bond donors (Lipinski definition) is 1. The first-order chi connectivity index (χ1) is 7.16. The second-order valence-electron chi connectivity index (χ2n) is 3.35. The van der Waals surface area contributed by atoms with Crippen LogP contribution in [0.15, 0.2) is 0 Å². The SMILES string of the molecule is CCC#CCCCC(=O)CCCC(=O)O. The standard InChI is InChI=1S/C12H18O3/c1-2-3-4-5-6-8-11(13)9-7-10-12(14)15/h2,5-10H2,1H3,(H,14,15). The van der Waals surface area contributed by atoms with Crippen LogP contribution in [-0.2, 0) is 9.59 Å². The molecule has 0 aliphatic rings. The van der Waals surface area contributed by atoms with E-state index in [0.717, 1.165) is 19.3 Å². The molecule has 0 saturated carbocycles. The Morgan fingerprint density at radius 2 is 1.73 bits per heavy atom. The molecule has 0 aliphatic heterocycles. The molecule has 3 nitrogen and oxygen atoms in total. The van der Waals surface area contributed by atoms with Crippen molar-refractivity contribution in [1.82, 2.24) is 0 Å². The van der Waals surface area contributed by atoms with Crippen molar-refractivity contribution in [2.75, 3.05) is 0 Å². The number of rotatable bonds is 7. The van der Waals surface area contributed by atoms with Gasteiger partial charge in [-0.25, -0.2) is 0 Å². The van der Waals surface area contributed by atoms with Crippen molar-refractivity contribution >= 4 is 11.8 Å². The third kappa shape index (κ3) is 10.6. The Hall–Kier alpha value is -1.30. The van der Waals surface area contributed by atoms with Crippen molar-refractivity contribution < 1.29 is 14.7 Å². The summed E-state index contributed by atoms with van der Waals surface area (Å²) in [5, 5.41) is 8.37. The molecular formula is C12H18O3. The number of carboxylic acid groups (broad SMARTS) is 1. The molecule has 0 aromatic rings. The van der Waals surface area contributed by atoms with E-state index in [2.05, 4.69) is 11.8 Å². The zero-order valence-corrected chi connectivity index (χ0v) is 9.21. The first kappa shape index (κ1) is 13.7. The lowest BCUT2D eigenvalue weighted by molar-refractivity contribution is -0.137. The van der Waals surface area contributed by atoms with Crippen LogP contribution >= 0.6 is 0 Å². The highest BCUT2D eigenvalue weighted by atomic mass is 16.4. The Bertz CT molecular complexity index is 258. The molecule has 84 valence electrons. The summed E-state index contributed by atoms with van der Waals surface area (Å²) in [5.74, 6) is 5.22. The van der Waals surface area contributed by atoms with E-state index in [4.69, 9.17) is 5.11 Å². The van der Waals surface area contributed by atoms with Crippen LogP contribution in [0.5, 0.6) is 0 Å². The monoisotopic (exact) mass is 210 g/mol. The molecule has 0 aromatic heterocycles. The maximum absolute atomic E-state index is 11.2. The third-order valence-electron chi connectivity index (χ3n) is 1.91. The van der Waals surface area contributed by atoms with Crippen molar-refractivity contribution in [2.45, 2.75) is 51.9 Å². The Labute approximate surface area is 90.9 Å². The van der Waals surface area contributed by atoms with Gasteiger partial charge in [-0.1, -0.05) is 6.92 Å². The van der Waals surface area contributed by atoms with Gasteiger partial charge in [0.25, 0.3) is 0 Å². The quantitative estimate of drug-likeness (QED) is 0.518. The summed E-state index contributed by atoms with van der Waals surface area (Å²) in [4.78, 5) is 21.4. The molecule has 0 fully saturated rings. The van der Waals surface area contributed by atoms with Gasteiger partial charge in [0, 0.05) is 32.1 Å². The molecule has 0 amide bonds. The van der Waals surface area contributed by atoms with E-state index in [0.29, 0.717) is 19.3 Å². The van der Waals surface area contributed by atoms with Crippen LogP contribution < -0.4 is 0 Å². The number of hydrogen-bond acceptors (Lipinski definition) is 2. The largest absolute Gasteiger partial charge is 0.481 e. The highest BCUT2D eigenvalue weighted by Gasteiger charge is 2.03. The Morgan fingerprint density at radius 3 is 2.33 bits per heavy atom. The lowest BCUT2D eigenvalue weighted by Crippen LogP contribution is -2.00. The zero-order valence-electron chi connectivity index (χ0n) is 9.21. The average molecular weight is 210 g/mol. The van der Waals surface area contributed by atoms with Gasteiger partial charge in [-0.05, 0) is 12.8 Å². The van der Waals surface area contributed by atoms with Gasteiger partial charge < -0.3 is 5.11 Å². The minimum Gasteiger partial charge on any atom is -0.481 e. The minimum absolute atomic E-state index is 0.0847. The van der Waals surface area contributed by atoms with Crippen molar-refractivity contribution in [3.8, 4) is 11.8 Å². The van der Waals surface area contributed by atoms with Crippen LogP contribution in [0, 0.1) is 11.8 Å². The summed E-state index contributed by atoms with van der Waals surface area (Å²) in [6.45, 7) is 1.99. The second-order valence-corrected chi connectivity index (χ2v) is 3.35. The average Bonchev–Trinajstić information content (AvgIpc) is 2.17. The first-order valence-corrected chi connectivity index (χ1v) is 5.36. The molecule has 0 radical (unpaired) electrons. The van der Waals surface area contributed by atoms with Crippen LogP contribution in [0.1, 0.15) is 51.9 Å². The number of Topliss-reactive ketones (excluding diaryl/α,β-unsaturated/α-hetero) is 1. The third-order valence-corrected chi connectivity index (χ3v) is 1.91. The fourth-order valence-electron chi connectivity index (χ4n) is 1.15. The fraction of sp³-hybridized carbons (Fsp3) is 0.667. The van der Waals surface area contributed by atoms with Crippen LogP contribution in [-0.4, -0.2) is 16.9 Å². The molecule has 0 heterocycles. The molecule has 0 aliphatic carbocycles. The van der Waals surface area contributed by atoms with Gasteiger partial charge in [0.2, 0.25) is 0 Å². The summed E-state index contributed by atoms with van der Waals surface area (Å²) < 4.78 is 0. The number of carboxylic acids is 1. The molecule has 0 unspecified atom stereocenters. The van der Waals surface area contributed by atoms with Crippen molar-refractivity contribution in [3.63, 3.8) is 0 Å². The molecule has 1 N–H and O–H groups in total. The lowest BCUT2D eigenvalue weighted by Gasteiger charge is -1.97. The number of aliphatic carboxylic acids is 1. The summed E-state index contributed by atoms with van der Waals surface area (Å²) in [6.07, 6.45) is 3.85. The maximum atomic E-state index is 11.2. The molecule has 0 rings (SSSR count). The van der Waals surface area contributed by atoms with Crippen LogP contribution in [0.3, 0.4) is 0 Å². The number of ketones is 1. The van der Waals surface area contributed by atoms with E-state index in [1.807, 2.05) is 6.92 Å². The van der Waals surface area contributed by atoms with Gasteiger partial charge in [-0.2, -0.15) is 0 Å². The van der Waals surface area contributed by atoms with E-state index in [-0.39, 0.29) is 12.2 Å². The Morgan fingerprint density at radius 1 is 1.07 bits per heavy atom. The zero-order chi connectivity index (χ0) is 11.5. The predicted molar refractivity (Wildman–Crippen MR) is 58.4 cm³/mol. The molecule has 0 atom stereocenters. The predicted octanol–water partition coefficient (Wildman–Crippen LogP) is 2.39. The number of carbonyl (C=O) groups excluding carboxylic acids is 1. The molecule has 15 heavy (non-hydrogen) atoms. The Kier molecular flexibility index (Phi) is 8.46. The number of carbonyl (C=O) groups is 2. The lowest BCUT2D eigenvalue weighted by atomic mass is 10.1. The highest BCUT2D eigenvalue weighted by molar-refractivity contribution is 5.78. The van der Waals surface area contributed by atoms with Crippen molar-refractivity contribution in [2.24, 2.45) is 0 Å². The summed E-state index contributed by atoms with van der Waals surface area (Å²) in [7, 11) is 0.